The first-order chi connectivity index (χ1) is 13.5. The molecular formula is C20H23FN4O3. The zero-order chi connectivity index (χ0) is 20.1. The highest BCUT2D eigenvalue weighted by atomic mass is 19.1. The number of carbonyl (C=O) groups is 2. The van der Waals surface area contributed by atoms with Gasteiger partial charge in [0.15, 0.2) is 0 Å². The maximum absolute atomic E-state index is 13.9. The molecular weight excluding hydrogens is 363 g/mol. The minimum atomic E-state index is -0.853. The van der Waals surface area contributed by atoms with Crippen LogP contribution in [0.5, 0.6) is 0 Å². The van der Waals surface area contributed by atoms with Gasteiger partial charge in [0.1, 0.15) is 11.6 Å². The van der Waals surface area contributed by atoms with Crippen molar-refractivity contribution in [2.75, 3.05) is 18.4 Å². The molecule has 1 aliphatic carbocycles. The Bertz CT molecular complexity index is 855. The predicted octanol–water partition coefficient (Wildman–Crippen LogP) is 2.63. The normalized spacial score (nSPS) is 18.4. The van der Waals surface area contributed by atoms with E-state index in [0.29, 0.717) is 24.9 Å². The molecule has 3 N–H and O–H groups in total. The number of hydrogen-bond donors (Lipinski definition) is 3. The number of carbonyl (C=O) groups excluding carboxylic acids is 1. The van der Waals surface area contributed by atoms with Gasteiger partial charge in [0, 0.05) is 18.3 Å². The average molecular weight is 386 g/mol. The number of para-hydroxylation sites is 1. The summed E-state index contributed by atoms with van der Waals surface area (Å²) < 4.78 is 13.9. The summed E-state index contributed by atoms with van der Waals surface area (Å²) in [5.41, 5.74) is 0.568. The standard InChI is InChI=1S/C20H23FN4O3/c1-2-25(12-18(26)27)14-10-13(11-14)23-20(28)15-6-5-9-22-19(15)24-17-8-4-3-7-16(17)21/h3-9,13-14H,2,10-12H2,1H3,(H,22,24)(H,23,28)(H,26,27). The van der Waals surface area contributed by atoms with Gasteiger partial charge in [-0.2, -0.15) is 0 Å². The molecule has 0 spiro atoms. The molecule has 2 aromatic rings. The largest absolute Gasteiger partial charge is 0.480 e. The van der Waals surface area contributed by atoms with E-state index in [0.717, 1.165) is 0 Å². The third-order valence-electron chi connectivity index (χ3n) is 4.89. The number of likely N-dealkylation sites (N-methyl/N-ethyl adjacent to an activating group) is 1. The fourth-order valence-electron chi connectivity index (χ4n) is 3.32. The Hall–Kier alpha value is -3.00. The number of benzene rings is 1. The molecule has 28 heavy (non-hydrogen) atoms. The first kappa shape index (κ1) is 19.8. The van der Waals surface area contributed by atoms with Crippen molar-refractivity contribution in [1.29, 1.82) is 0 Å². The third-order valence-corrected chi connectivity index (χ3v) is 4.89. The van der Waals surface area contributed by atoms with Crippen molar-refractivity contribution in [2.24, 2.45) is 0 Å². The van der Waals surface area contributed by atoms with Gasteiger partial charge < -0.3 is 15.7 Å². The number of halogens is 1. The molecule has 8 heteroatoms. The van der Waals surface area contributed by atoms with Gasteiger partial charge in [-0.3, -0.25) is 14.5 Å². The zero-order valence-electron chi connectivity index (χ0n) is 15.6. The van der Waals surface area contributed by atoms with Crippen LogP contribution in [-0.2, 0) is 4.79 Å². The van der Waals surface area contributed by atoms with Crippen LogP contribution in [0.3, 0.4) is 0 Å². The summed E-state index contributed by atoms with van der Waals surface area (Å²) in [6.45, 7) is 2.57. The Kier molecular flexibility index (Phi) is 6.20. The fraction of sp³-hybridized carbons (Fsp3) is 0.350. The molecule has 0 saturated heterocycles. The Morgan fingerprint density at radius 1 is 1.25 bits per heavy atom. The highest BCUT2D eigenvalue weighted by molar-refractivity contribution is 5.99. The minimum absolute atomic E-state index is 0.00114. The number of aromatic nitrogens is 1. The predicted molar refractivity (Wildman–Crippen MR) is 103 cm³/mol. The van der Waals surface area contributed by atoms with E-state index >= 15 is 0 Å². The van der Waals surface area contributed by atoms with Gasteiger partial charge >= 0.3 is 5.97 Å². The molecule has 0 unspecified atom stereocenters. The Labute approximate surface area is 162 Å². The molecule has 1 aromatic heterocycles. The summed E-state index contributed by atoms with van der Waals surface area (Å²) in [6, 6.07) is 9.59. The summed E-state index contributed by atoms with van der Waals surface area (Å²) in [4.78, 5) is 29.6. The lowest BCUT2D eigenvalue weighted by molar-refractivity contribution is -0.139. The number of pyridine rings is 1. The third kappa shape index (κ3) is 4.64. The molecule has 1 heterocycles. The summed E-state index contributed by atoms with van der Waals surface area (Å²) in [7, 11) is 0. The van der Waals surface area contributed by atoms with Crippen LogP contribution in [0.4, 0.5) is 15.9 Å². The second kappa shape index (κ2) is 8.79. The lowest BCUT2D eigenvalue weighted by Crippen LogP contribution is -2.54. The molecule has 0 bridgehead atoms. The number of rotatable bonds is 8. The van der Waals surface area contributed by atoms with Gasteiger partial charge in [-0.1, -0.05) is 19.1 Å². The summed E-state index contributed by atoms with van der Waals surface area (Å²) >= 11 is 0. The van der Waals surface area contributed by atoms with Crippen LogP contribution in [0.1, 0.15) is 30.1 Å². The number of carboxylic acid groups (broad SMARTS) is 1. The van der Waals surface area contributed by atoms with Crippen LogP contribution in [0.15, 0.2) is 42.6 Å². The Morgan fingerprint density at radius 2 is 2.00 bits per heavy atom. The SMILES string of the molecule is CCN(CC(=O)O)C1CC(NC(=O)c2cccnc2Nc2ccccc2F)C1. The van der Waals surface area contributed by atoms with Gasteiger partial charge in [-0.25, -0.2) is 9.37 Å². The number of anilines is 2. The van der Waals surface area contributed by atoms with Crippen molar-refractivity contribution < 1.29 is 19.1 Å². The molecule has 148 valence electrons. The van der Waals surface area contributed by atoms with Crippen LogP contribution in [0, 0.1) is 5.82 Å². The van der Waals surface area contributed by atoms with Crippen molar-refractivity contribution in [2.45, 2.75) is 31.8 Å². The van der Waals surface area contributed by atoms with Gasteiger partial charge in [0.2, 0.25) is 0 Å². The molecule has 0 radical (unpaired) electrons. The average Bonchev–Trinajstić information content (AvgIpc) is 2.64. The van der Waals surface area contributed by atoms with Crippen molar-refractivity contribution in [3.8, 4) is 0 Å². The topological polar surface area (TPSA) is 94.6 Å². The quantitative estimate of drug-likeness (QED) is 0.646. The molecule has 1 fully saturated rings. The number of nitrogens with one attached hydrogen (secondary N) is 2. The number of nitrogens with zero attached hydrogens (tertiary/aromatic N) is 2. The maximum Gasteiger partial charge on any atom is 0.317 e. The summed E-state index contributed by atoms with van der Waals surface area (Å²) in [5.74, 6) is -1.30. The number of hydrogen-bond acceptors (Lipinski definition) is 5. The van der Waals surface area contributed by atoms with E-state index in [9.17, 15) is 14.0 Å². The lowest BCUT2D eigenvalue weighted by atomic mass is 9.85. The van der Waals surface area contributed by atoms with E-state index in [1.165, 1.54) is 12.3 Å². The van der Waals surface area contributed by atoms with Crippen LogP contribution in [-0.4, -0.2) is 52.0 Å². The Morgan fingerprint density at radius 3 is 2.68 bits per heavy atom. The molecule has 1 saturated carbocycles. The Balaban J connectivity index is 1.62. The highest BCUT2D eigenvalue weighted by Crippen LogP contribution is 2.27. The number of carboxylic acids is 1. The zero-order valence-corrected chi connectivity index (χ0v) is 15.6. The van der Waals surface area contributed by atoms with E-state index in [1.54, 1.807) is 30.3 Å². The van der Waals surface area contributed by atoms with Crippen LogP contribution >= 0.6 is 0 Å². The number of amides is 1. The number of aliphatic carboxylic acids is 1. The summed E-state index contributed by atoms with van der Waals surface area (Å²) in [5, 5.41) is 14.8. The lowest BCUT2D eigenvalue weighted by Gasteiger charge is -2.42. The van der Waals surface area contributed by atoms with E-state index in [2.05, 4.69) is 15.6 Å². The second-order valence-electron chi connectivity index (χ2n) is 6.76. The minimum Gasteiger partial charge on any atom is -0.480 e. The van der Waals surface area contributed by atoms with Crippen molar-refractivity contribution in [1.82, 2.24) is 15.2 Å². The van der Waals surface area contributed by atoms with Crippen molar-refractivity contribution in [3.63, 3.8) is 0 Å². The van der Waals surface area contributed by atoms with Crippen LogP contribution in [0.25, 0.3) is 0 Å². The first-order valence-electron chi connectivity index (χ1n) is 9.21. The molecule has 1 aliphatic rings. The van der Waals surface area contributed by atoms with Gasteiger partial charge in [-0.15, -0.1) is 0 Å². The molecule has 1 aromatic carbocycles. The van der Waals surface area contributed by atoms with Gasteiger partial charge in [-0.05, 0) is 43.7 Å². The first-order valence-corrected chi connectivity index (χ1v) is 9.21. The smallest absolute Gasteiger partial charge is 0.317 e. The molecule has 0 atom stereocenters. The van der Waals surface area contributed by atoms with E-state index in [4.69, 9.17) is 5.11 Å². The molecule has 3 rings (SSSR count). The van der Waals surface area contributed by atoms with Crippen molar-refractivity contribution in [3.05, 3.63) is 54.0 Å². The second-order valence-corrected chi connectivity index (χ2v) is 6.76. The molecule has 7 nitrogen and oxygen atoms in total. The van der Waals surface area contributed by atoms with E-state index in [-0.39, 0.29) is 36.0 Å². The van der Waals surface area contributed by atoms with Gasteiger partial charge in [0.05, 0.1) is 17.8 Å². The van der Waals surface area contributed by atoms with E-state index < -0.39 is 11.8 Å². The van der Waals surface area contributed by atoms with E-state index in [1.807, 2.05) is 11.8 Å². The van der Waals surface area contributed by atoms with Gasteiger partial charge in [0.25, 0.3) is 5.91 Å². The summed E-state index contributed by atoms with van der Waals surface area (Å²) in [6.07, 6.45) is 2.93. The highest BCUT2D eigenvalue weighted by Gasteiger charge is 2.35. The fourth-order valence-corrected chi connectivity index (χ4v) is 3.32. The molecule has 1 amide bonds. The van der Waals surface area contributed by atoms with Crippen molar-refractivity contribution >= 4 is 23.4 Å². The monoisotopic (exact) mass is 386 g/mol. The van der Waals surface area contributed by atoms with Crippen LogP contribution < -0.4 is 10.6 Å². The maximum atomic E-state index is 13.9. The van der Waals surface area contributed by atoms with Crippen LogP contribution in [0.2, 0.25) is 0 Å². The molecule has 0 aliphatic heterocycles.